The first-order valence-electron chi connectivity index (χ1n) is 11.0. The minimum atomic E-state index is -0.502. The smallest absolute Gasteiger partial charge is 0.336 e. The van der Waals surface area contributed by atoms with Crippen molar-refractivity contribution >= 4 is 34.3 Å². The molecule has 2 aromatic heterocycles. The van der Waals surface area contributed by atoms with Crippen molar-refractivity contribution in [1.82, 2.24) is 9.88 Å². The van der Waals surface area contributed by atoms with E-state index in [0.29, 0.717) is 27.8 Å². The number of Topliss-reactive ketones (excluding diaryl/α,β-unsaturated/α-hetero) is 1. The number of likely N-dealkylation sites (tertiary alicyclic amines) is 1. The van der Waals surface area contributed by atoms with Crippen LogP contribution >= 0.6 is 11.6 Å². The third-order valence-electron chi connectivity index (χ3n) is 5.87. The van der Waals surface area contributed by atoms with Gasteiger partial charge in [-0.15, -0.1) is 0 Å². The van der Waals surface area contributed by atoms with Crippen molar-refractivity contribution in [2.75, 3.05) is 19.7 Å². The molecule has 0 atom stereocenters. The van der Waals surface area contributed by atoms with Gasteiger partial charge >= 0.3 is 5.63 Å². The van der Waals surface area contributed by atoms with E-state index in [1.165, 1.54) is 18.3 Å². The topological polar surface area (TPSA) is 92.6 Å². The fourth-order valence-corrected chi connectivity index (χ4v) is 4.34. The Hall–Kier alpha value is -3.84. The summed E-state index contributed by atoms with van der Waals surface area (Å²) in [6.07, 6.45) is 3.49. The van der Waals surface area contributed by atoms with Gasteiger partial charge in [0, 0.05) is 42.4 Å². The second kappa shape index (κ2) is 9.19. The first-order valence-corrected chi connectivity index (χ1v) is 11.3. The van der Waals surface area contributed by atoms with Crippen LogP contribution in [-0.4, -0.2) is 41.3 Å². The van der Waals surface area contributed by atoms with E-state index in [9.17, 15) is 14.4 Å². The van der Waals surface area contributed by atoms with Gasteiger partial charge in [0.25, 0.3) is 5.91 Å². The lowest BCUT2D eigenvalue weighted by Crippen LogP contribution is -2.27. The molecule has 3 heterocycles. The maximum absolute atomic E-state index is 12.7. The molecule has 0 radical (unpaired) electrons. The van der Waals surface area contributed by atoms with Crippen molar-refractivity contribution in [3.8, 4) is 16.9 Å². The number of hydrogen-bond acceptors (Lipinski definition) is 5. The molecule has 0 spiro atoms. The van der Waals surface area contributed by atoms with Crippen LogP contribution in [0, 0.1) is 0 Å². The number of H-pyrrole nitrogens is 1. The number of ketones is 1. The van der Waals surface area contributed by atoms with Crippen molar-refractivity contribution in [3.05, 3.63) is 87.5 Å². The number of carbonyl (C=O) groups excluding carboxylic acids is 2. The molecule has 7 nitrogen and oxygen atoms in total. The van der Waals surface area contributed by atoms with Crippen LogP contribution < -0.4 is 10.4 Å². The molecule has 0 aliphatic carbocycles. The highest BCUT2D eigenvalue weighted by atomic mass is 35.5. The van der Waals surface area contributed by atoms with Crippen LogP contribution in [0.2, 0.25) is 5.02 Å². The minimum absolute atomic E-state index is 0.112. The summed E-state index contributed by atoms with van der Waals surface area (Å²) < 4.78 is 11.0. The first-order chi connectivity index (χ1) is 16.5. The number of benzene rings is 2. The van der Waals surface area contributed by atoms with Crippen LogP contribution in [0.5, 0.6) is 5.75 Å². The van der Waals surface area contributed by atoms with Crippen LogP contribution in [0.25, 0.3) is 22.1 Å². The van der Waals surface area contributed by atoms with Gasteiger partial charge in [-0.25, -0.2) is 4.79 Å². The molecule has 5 rings (SSSR count). The quantitative estimate of drug-likeness (QED) is 0.314. The summed E-state index contributed by atoms with van der Waals surface area (Å²) in [6, 6.07) is 15.6. The molecule has 1 N–H and O–H groups in total. The SMILES string of the molecule is O=C(COc1cc2oc(=O)cc(-c3ccccc3)c2cc1Cl)c1c[nH]c(C(=O)N2CCCC2)c1. The van der Waals surface area contributed by atoms with Crippen molar-refractivity contribution in [1.29, 1.82) is 0 Å². The fourth-order valence-electron chi connectivity index (χ4n) is 4.13. The Morgan fingerprint density at radius 3 is 2.59 bits per heavy atom. The van der Waals surface area contributed by atoms with Gasteiger partial charge in [0.05, 0.1) is 5.02 Å². The predicted molar refractivity (Wildman–Crippen MR) is 129 cm³/mol. The van der Waals surface area contributed by atoms with Crippen molar-refractivity contribution in [3.63, 3.8) is 0 Å². The summed E-state index contributed by atoms with van der Waals surface area (Å²) in [7, 11) is 0. The van der Waals surface area contributed by atoms with E-state index in [2.05, 4.69) is 4.98 Å². The normalized spacial score (nSPS) is 13.4. The number of aromatic amines is 1. The minimum Gasteiger partial charge on any atom is -0.484 e. The molecule has 4 aromatic rings. The number of ether oxygens (including phenoxy) is 1. The molecule has 1 aliphatic rings. The number of hydrogen-bond donors (Lipinski definition) is 1. The summed E-state index contributed by atoms with van der Waals surface area (Å²) >= 11 is 6.44. The Bertz CT molecular complexity index is 1430. The van der Waals surface area contributed by atoms with Gasteiger partial charge in [-0.2, -0.15) is 0 Å². The largest absolute Gasteiger partial charge is 0.484 e. The first kappa shape index (κ1) is 22.0. The Balaban J connectivity index is 1.35. The van der Waals surface area contributed by atoms with Gasteiger partial charge in [-0.1, -0.05) is 41.9 Å². The molecular formula is C26H21ClN2O5. The highest BCUT2D eigenvalue weighted by Gasteiger charge is 2.22. The Morgan fingerprint density at radius 1 is 1.06 bits per heavy atom. The van der Waals surface area contributed by atoms with Gasteiger partial charge in [0.2, 0.25) is 5.78 Å². The number of nitrogens with one attached hydrogen (secondary N) is 1. The zero-order valence-corrected chi connectivity index (χ0v) is 18.9. The monoisotopic (exact) mass is 476 g/mol. The fraction of sp³-hybridized carbons (Fsp3) is 0.192. The summed E-state index contributed by atoms with van der Waals surface area (Å²) in [5.41, 5.74) is 2.07. The molecule has 172 valence electrons. The molecule has 1 aliphatic heterocycles. The summed E-state index contributed by atoms with van der Waals surface area (Å²) in [6.45, 7) is 1.17. The van der Waals surface area contributed by atoms with E-state index < -0.39 is 5.63 Å². The molecule has 8 heteroatoms. The van der Waals surface area contributed by atoms with Gasteiger partial charge in [0.1, 0.15) is 17.0 Å². The summed E-state index contributed by atoms with van der Waals surface area (Å²) in [4.78, 5) is 41.9. The standard InChI is InChI=1S/C26H21ClN2O5/c27-20-11-19-18(16-6-2-1-3-7-16)12-25(31)34-23(19)13-24(20)33-15-22(30)17-10-21(28-14-17)26(32)29-8-4-5-9-29/h1-3,6-7,10-14,28H,4-5,8-9,15H2. The zero-order chi connectivity index (χ0) is 23.7. The van der Waals surface area contributed by atoms with E-state index >= 15 is 0 Å². The molecular weight excluding hydrogens is 456 g/mol. The lowest BCUT2D eigenvalue weighted by atomic mass is 10.0. The number of halogens is 1. The second-order valence-corrected chi connectivity index (χ2v) is 8.54. The number of carbonyl (C=O) groups is 2. The Morgan fingerprint density at radius 2 is 1.82 bits per heavy atom. The Labute approximate surface area is 199 Å². The van der Waals surface area contributed by atoms with Crippen molar-refractivity contribution in [2.24, 2.45) is 0 Å². The van der Waals surface area contributed by atoms with Crippen LogP contribution in [0.3, 0.4) is 0 Å². The van der Waals surface area contributed by atoms with E-state index in [1.54, 1.807) is 17.0 Å². The average molecular weight is 477 g/mol. The lowest BCUT2D eigenvalue weighted by molar-refractivity contribution is 0.0787. The lowest BCUT2D eigenvalue weighted by Gasteiger charge is -2.13. The summed E-state index contributed by atoms with van der Waals surface area (Å²) in [5, 5.41) is 0.940. The third-order valence-corrected chi connectivity index (χ3v) is 6.16. The van der Waals surface area contributed by atoms with Gasteiger partial charge in [-0.3, -0.25) is 9.59 Å². The maximum Gasteiger partial charge on any atom is 0.336 e. The van der Waals surface area contributed by atoms with E-state index in [0.717, 1.165) is 31.5 Å². The molecule has 0 saturated carbocycles. The predicted octanol–water partition coefficient (Wildman–Crippen LogP) is 4.94. The molecule has 1 fully saturated rings. The van der Waals surface area contributed by atoms with Gasteiger partial charge < -0.3 is 19.0 Å². The van der Waals surface area contributed by atoms with E-state index in [4.69, 9.17) is 20.8 Å². The van der Waals surface area contributed by atoms with Gasteiger partial charge in [-0.05, 0) is 36.1 Å². The van der Waals surface area contributed by atoms with Crippen molar-refractivity contribution < 1.29 is 18.7 Å². The summed E-state index contributed by atoms with van der Waals surface area (Å²) in [5.74, 6) is -0.202. The highest BCUT2D eigenvalue weighted by Crippen LogP contribution is 2.34. The molecule has 0 unspecified atom stereocenters. The van der Waals surface area contributed by atoms with E-state index in [-0.39, 0.29) is 29.1 Å². The van der Waals surface area contributed by atoms with E-state index in [1.807, 2.05) is 30.3 Å². The Kier molecular flexibility index (Phi) is 5.94. The second-order valence-electron chi connectivity index (χ2n) is 8.14. The zero-order valence-electron chi connectivity index (χ0n) is 18.2. The highest BCUT2D eigenvalue weighted by molar-refractivity contribution is 6.33. The third kappa shape index (κ3) is 4.34. The average Bonchev–Trinajstić information content (AvgIpc) is 3.55. The molecule has 1 amide bonds. The van der Waals surface area contributed by atoms with Crippen LogP contribution in [0.15, 0.2) is 70.0 Å². The van der Waals surface area contributed by atoms with Gasteiger partial charge in [0.15, 0.2) is 6.61 Å². The number of nitrogens with zero attached hydrogens (tertiary/aromatic N) is 1. The number of amides is 1. The molecule has 0 bridgehead atoms. The van der Waals surface area contributed by atoms with Crippen LogP contribution in [0.4, 0.5) is 0 Å². The van der Waals surface area contributed by atoms with Crippen molar-refractivity contribution in [2.45, 2.75) is 12.8 Å². The van der Waals surface area contributed by atoms with Crippen LogP contribution in [-0.2, 0) is 0 Å². The number of fused-ring (bicyclic) bond motifs is 1. The maximum atomic E-state index is 12.7. The number of aromatic nitrogens is 1. The molecule has 34 heavy (non-hydrogen) atoms. The molecule has 2 aromatic carbocycles. The van der Waals surface area contributed by atoms with Crippen LogP contribution in [0.1, 0.15) is 33.7 Å². The number of rotatable bonds is 6. The molecule has 1 saturated heterocycles.